The molecule has 146 valence electrons. The average Bonchev–Trinajstić information content (AvgIpc) is 2.80. The first-order valence-electron chi connectivity index (χ1n) is 10.3. The van der Waals surface area contributed by atoms with Gasteiger partial charge in [-0.3, -0.25) is 0 Å². The van der Waals surface area contributed by atoms with Crippen molar-refractivity contribution in [1.29, 1.82) is 0 Å². The molecular weight excluding hydrogens is 355 g/mol. The van der Waals surface area contributed by atoms with E-state index in [0.717, 1.165) is 25.7 Å². The lowest BCUT2D eigenvalue weighted by Crippen LogP contribution is -2.52. The largest absolute Gasteiger partial charge is 0.508 e. The van der Waals surface area contributed by atoms with E-state index in [1.807, 2.05) is 6.07 Å². The van der Waals surface area contributed by atoms with Crippen LogP contribution in [0.4, 0.5) is 4.39 Å². The van der Waals surface area contributed by atoms with Gasteiger partial charge in [0, 0.05) is 5.41 Å². The van der Waals surface area contributed by atoms with Crippen LogP contribution in [0.2, 0.25) is 19.6 Å². The SMILES string of the molecule is C[C@]12CC[C@@H]3c4ccc(O)cc4CC[C@H]3[C@@H]1C[C@H](F)[C@@]2(O)C#C[Si](C)(C)C. The molecule has 0 aromatic heterocycles. The standard InChI is InChI=1S/C23H31FO2Si/c1-22-10-9-18-17-8-6-16(25)13-15(17)5-7-19(18)20(22)14-21(24)23(22,26)11-12-27(2,3)4/h6,8,13,18-21,25-26H,5,7,9-10,14H2,1-4H3/t18-,19-,20+,21+,22+,23+/m1/s1. The summed E-state index contributed by atoms with van der Waals surface area (Å²) in [4.78, 5) is 0. The minimum absolute atomic E-state index is 0.161. The minimum Gasteiger partial charge on any atom is -0.508 e. The number of halogens is 1. The van der Waals surface area contributed by atoms with E-state index in [4.69, 9.17) is 0 Å². The van der Waals surface area contributed by atoms with E-state index in [2.05, 4.69) is 44.1 Å². The fourth-order valence-corrected chi connectivity index (χ4v) is 6.62. The van der Waals surface area contributed by atoms with Crippen LogP contribution in [0.15, 0.2) is 18.2 Å². The summed E-state index contributed by atoms with van der Waals surface area (Å²) < 4.78 is 15.2. The zero-order valence-corrected chi connectivity index (χ0v) is 17.8. The van der Waals surface area contributed by atoms with Crippen LogP contribution >= 0.6 is 0 Å². The fraction of sp³-hybridized carbons (Fsp3) is 0.652. The van der Waals surface area contributed by atoms with Crippen molar-refractivity contribution in [3.05, 3.63) is 29.3 Å². The quantitative estimate of drug-likeness (QED) is 0.496. The number of aliphatic hydroxyl groups is 1. The zero-order valence-electron chi connectivity index (χ0n) is 16.8. The third kappa shape index (κ3) is 2.86. The van der Waals surface area contributed by atoms with E-state index in [1.165, 1.54) is 11.1 Å². The second-order valence-electron chi connectivity index (χ2n) is 10.2. The van der Waals surface area contributed by atoms with Crippen molar-refractivity contribution in [2.45, 2.75) is 76.4 Å². The highest BCUT2D eigenvalue weighted by Crippen LogP contribution is 2.64. The molecule has 2 nitrogen and oxygen atoms in total. The summed E-state index contributed by atoms with van der Waals surface area (Å²) in [5, 5.41) is 21.2. The Kier molecular flexibility index (Phi) is 4.29. The maximum Gasteiger partial charge on any atom is 0.161 e. The number of phenols is 1. The summed E-state index contributed by atoms with van der Waals surface area (Å²) in [5.41, 5.74) is 3.83. The van der Waals surface area contributed by atoms with Gasteiger partial charge in [0.15, 0.2) is 5.60 Å². The van der Waals surface area contributed by atoms with Gasteiger partial charge in [-0.25, -0.2) is 4.39 Å². The Labute approximate surface area is 163 Å². The molecule has 0 unspecified atom stereocenters. The fourth-order valence-electron chi connectivity index (χ4n) is 6.05. The number of phenolic OH excluding ortho intramolecular Hbond substituents is 1. The Morgan fingerprint density at radius 2 is 1.96 bits per heavy atom. The second kappa shape index (κ2) is 6.09. The monoisotopic (exact) mass is 386 g/mol. The molecule has 4 heteroatoms. The summed E-state index contributed by atoms with van der Waals surface area (Å²) >= 11 is 0. The molecule has 2 saturated carbocycles. The van der Waals surface area contributed by atoms with Crippen molar-refractivity contribution in [3.8, 4) is 17.2 Å². The van der Waals surface area contributed by atoms with Crippen LogP contribution in [-0.2, 0) is 6.42 Å². The predicted octanol–water partition coefficient (Wildman–Crippen LogP) is 4.81. The highest BCUT2D eigenvalue weighted by atomic mass is 28.3. The van der Waals surface area contributed by atoms with E-state index >= 15 is 4.39 Å². The third-order valence-electron chi connectivity index (χ3n) is 7.51. The van der Waals surface area contributed by atoms with Crippen LogP contribution in [0.25, 0.3) is 0 Å². The second-order valence-corrected chi connectivity index (χ2v) is 15.0. The number of aromatic hydroxyl groups is 1. The molecule has 0 saturated heterocycles. The molecule has 6 atom stereocenters. The molecule has 3 aliphatic carbocycles. The number of fused-ring (bicyclic) bond motifs is 5. The lowest BCUT2D eigenvalue weighted by Gasteiger charge is -2.51. The van der Waals surface area contributed by atoms with Crippen LogP contribution in [0.3, 0.4) is 0 Å². The molecule has 2 N–H and O–H groups in total. The van der Waals surface area contributed by atoms with Crippen molar-refractivity contribution in [3.63, 3.8) is 0 Å². The van der Waals surface area contributed by atoms with Crippen molar-refractivity contribution >= 4 is 8.07 Å². The first-order chi connectivity index (χ1) is 12.6. The Morgan fingerprint density at radius 1 is 1.22 bits per heavy atom. The van der Waals surface area contributed by atoms with Crippen LogP contribution in [0, 0.1) is 28.7 Å². The molecule has 1 aromatic carbocycles. The van der Waals surface area contributed by atoms with Crippen LogP contribution < -0.4 is 0 Å². The van der Waals surface area contributed by atoms with Crippen molar-refractivity contribution < 1.29 is 14.6 Å². The molecule has 27 heavy (non-hydrogen) atoms. The van der Waals surface area contributed by atoms with Gasteiger partial charge in [0.2, 0.25) is 0 Å². The van der Waals surface area contributed by atoms with Gasteiger partial charge in [0.05, 0.1) is 0 Å². The number of alkyl halides is 1. The summed E-state index contributed by atoms with van der Waals surface area (Å²) in [6, 6.07) is 5.72. The highest BCUT2D eigenvalue weighted by molar-refractivity contribution is 6.83. The summed E-state index contributed by atoms with van der Waals surface area (Å²) in [5.74, 6) is 4.36. The topological polar surface area (TPSA) is 40.5 Å². The van der Waals surface area contributed by atoms with Gasteiger partial charge < -0.3 is 10.2 Å². The lowest BCUT2D eigenvalue weighted by molar-refractivity contribution is -0.0846. The molecule has 0 spiro atoms. The van der Waals surface area contributed by atoms with Gasteiger partial charge in [0.1, 0.15) is 20.0 Å². The van der Waals surface area contributed by atoms with Crippen LogP contribution in [-0.4, -0.2) is 30.1 Å². The number of hydrogen-bond acceptors (Lipinski definition) is 2. The van der Waals surface area contributed by atoms with Crippen LogP contribution in [0.1, 0.15) is 49.7 Å². The molecule has 0 aliphatic heterocycles. The van der Waals surface area contributed by atoms with Gasteiger partial charge in [0.25, 0.3) is 0 Å². The summed E-state index contributed by atoms with van der Waals surface area (Å²) in [6.45, 7) is 8.49. The minimum atomic E-state index is -1.69. The lowest BCUT2D eigenvalue weighted by atomic mass is 9.53. The van der Waals surface area contributed by atoms with Crippen molar-refractivity contribution in [1.82, 2.24) is 0 Å². The number of hydrogen-bond donors (Lipinski definition) is 2. The number of rotatable bonds is 0. The van der Waals surface area contributed by atoms with Crippen LogP contribution in [0.5, 0.6) is 5.75 Å². The van der Waals surface area contributed by atoms with Crippen molar-refractivity contribution in [2.24, 2.45) is 17.3 Å². The van der Waals surface area contributed by atoms with Crippen molar-refractivity contribution in [2.75, 3.05) is 0 Å². The Hall–Kier alpha value is -1.31. The Bertz CT molecular complexity index is 820. The number of benzene rings is 1. The van der Waals surface area contributed by atoms with E-state index in [0.29, 0.717) is 24.0 Å². The molecule has 4 rings (SSSR count). The smallest absolute Gasteiger partial charge is 0.161 e. The summed E-state index contributed by atoms with van der Waals surface area (Å²) in [7, 11) is -1.69. The normalized spacial score (nSPS) is 40.4. The maximum absolute atomic E-state index is 15.2. The van der Waals surface area contributed by atoms with Gasteiger partial charge in [-0.1, -0.05) is 38.6 Å². The molecule has 3 aliphatic rings. The van der Waals surface area contributed by atoms with E-state index in [9.17, 15) is 10.2 Å². The predicted molar refractivity (Wildman–Crippen MR) is 109 cm³/mol. The first-order valence-corrected chi connectivity index (χ1v) is 13.8. The van der Waals surface area contributed by atoms with E-state index < -0.39 is 25.3 Å². The first kappa shape index (κ1) is 19.0. The van der Waals surface area contributed by atoms with Gasteiger partial charge >= 0.3 is 0 Å². The summed E-state index contributed by atoms with van der Waals surface area (Å²) in [6.07, 6.45) is 2.84. The maximum atomic E-state index is 15.2. The molecule has 0 heterocycles. The van der Waals surface area contributed by atoms with E-state index in [-0.39, 0.29) is 5.92 Å². The Balaban J connectivity index is 1.70. The zero-order chi connectivity index (χ0) is 19.6. The molecule has 0 radical (unpaired) electrons. The number of aryl methyl sites for hydroxylation is 1. The highest BCUT2D eigenvalue weighted by Gasteiger charge is 2.66. The van der Waals surface area contributed by atoms with Gasteiger partial charge in [-0.2, -0.15) is 0 Å². The molecule has 0 bridgehead atoms. The Morgan fingerprint density at radius 3 is 2.67 bits per heavy atom. The van der Waals surface area contributed by atoms with Gasteiger partial charge in [-0.15, -0.1) is 5.54 Å². The molecular formula is C23H31FO2Si. The van der Waals surface area contributed by atoms with E-state index in [1.54, 1.807) is 6.07 Å². The average molecular weight is 387 g/mol. The molecule has 2 fully saturated rings. The molecule has 1 aromatic rings. The third-order valence-corrected chi connectivity index (χ3v) is 8.39. The molecule has 0 amide bonds. The van der Waals surface area contributed by atoms with Gasteiger partial charge in [-0.05, 0) is 73.1 Å².